The van der Waals surface area contributed by atoms with Crippen molar-refractivity contribution in [1.82, 2.24) is 0 Å². The highest BCUT2D eigenvalue weighted by molar-refractivity contribution is 5.87. The predicted octanol–water partition coefficient (Wildman–Crippen LogP) is 4.52. The largest absolute Gasteiger partial charge is 0.481 e. The molecule has 1 atom stereocenters. The number of benzene rings is 2. The summed E-state index contributed by atoms with van der Waals surface area (Å²) in [5.74, 6) is -1.19. The van der Waals surface area contributed by atoms with Gasteiger partial charge in [0.25, 0.3) is 0 Å². The van der Waals surface area contributed by atoms with Gasteiger partial charge in [0.05, 0.1) is 5.92 Å². The second kappa shape index (κ2) is 9.61. The highest BCUT2D eigenvalue weighted by Gasteiger charge is 2.19. The molecule has 5 nitrogen and oxygen atoms in total. The maximum Gasteiger partial charge on any atom is 0.316 e. The number of urea groups is 1. The number of unbranched alkanes of at least 4 members (excludes halogenated alkanes) is 2. The molecule has 0 aromatic heterocycles. The Hall–Kier alpha value is -2.82. The molecule has 0 aliphatic heterocycles. The second-order valence-electron chi connectivity index (χ2n) is 6.49. The number of carboxylic acids is 1. The van der Waals surface area contributed by atoms with Crippen LogP contribution < -0.4 is 11.1 Å². The molecule has 0 aliphatic rings. The quantitative estimate of drug-likeness (QED) is 0.578. The van der Waals surface area contributed by atoms with Crippen molar-refractivity contribution in [3.63, 3.8) is 0 Å². The van der Waals surface area contributed by atoms with E-state index in [1.54, 1.807) is 0 Å². The third-order valence-corrected chi connectivity index (χ3v) is 4.41. The van der Waals surface area contributed by atoms with Gasteiger partial charge in [-0.2, -0.15) is 0 Å². The van der Waals surface area contributed by atoms with Gasteiger partial charge < -0.3 is 16.2 Å². The van der Waals surface area contributed by atoms with Crippen molar-refractivity contribution >= 4 is 17.7 Å². The summed E-state index contributed by atoms with van der Waals surface area (Å²) in [6.07, 6.45) is 4.49. The molecule has 138 valence electrons. The Balaban J connectivity index is 2.01. The summed E-state index contributed by atoms with van der Waals surface area (Å²) >= 11 is 0. The Bertz CT molecular complexity index is 724. The molecule has 2 aromatic rings. The first-order valence-corrected chi connectivity index (χ1v) is 8.96. The number of nitrogens with one attached hydrogen (secondary N) is 1. The first-order valence-electron chi connectivity index (χ1n) is 8.96. The van der Waals surface area contributed by atoms with Crippen LogP contribution in [0.1, 0.15) is 55.2 Å². The average molecular weight is 354 g/mol. The van der Waals surface area contributed by atoms with Crippen LogP contribution in [0.5, 0.6) is 0 Å². The first-order chi connectivity index (χ1) is 12.5. The molecular weight excluding hydrogens is 328 g/mol. The Kier molecular flexibility index (Phi) is 7.21. The van der Waals surface area contributed by atoms with Gasteiger partial charge in [-0.15, -0.1) is 0 Å². The van der Waals surface area contributed by atoms with Crippen LogP contribution in [0.25, 0.3) is 0 Å². The summed E-state index contributed by atoms with van der Waals surface area (Å²) in [6, 6.07) is 14.7. The number of carbonyl (C=O) groups excluding carboxylic acids is 1. The maximum absolute atomic E-state index is 11.5. The lowest BCUT2D eigenvalue weighted by Gasteiger charge is -2.13. The maximum atomic E-state index is 11.5. The minimum atomic E-state index is -0.758. The van der Waals surface area contributed by atoms with Crippen LogP contribution in [0.15, 0.2) is 48.5 Å². The molecule has 0 radical (unpaired) electrons. The van der Waals surface area contributed by atoms with E-state index >= 15 is 0 Å². The molecule has 2 rings (SSSR count). The summed E-state index contributed by atoms with van der Waals surface area (Å²) in [4.78, 5) is 22.4. The zero-order valence-corrected chi connectivity index (χ0v) is 15.1. The first kappa shape index (κ1) is 19.5. The number of anilines is 1. The van der Waals surface area contributed by atoms with Crippen molar-refractivity contribution in [3.8, 4) is 0 Å². The van der Waals surface area contributed by atoms with Crippen LogP contribution in [-0.4, -0.2) is 17.1 Å². The fraction of sp³-hybridized carbons (Fsp3) is 0.333. The fourth-order valence-corrected chi connectivity index (χ4v) is 2.98. The molecule has 1 unspecified atom stereocenters. The van der Waals surface area contributed by atoms with Gasteiger partial charge in [-0.3, -0.25) is 4.79 Å². The van der Waals surface area contributed by atoms with Crippen molar-refractivity contribution in [3.05, 3.63) is 65.2 Å². The lowest BCUT2D eigenvalue weighted by atomic mass is 9.92. The third-order valence-electron chi connectivity index (χ3n) is 4.41. The Morgan fingerprint density at radius 2 is 1.58 bits per heavy atom. The number of carbonyl (C=O) groups is 2. The standard InChI is InChI=1S/C21H26N2O3/c1-2-3-4-5-19(20(24)25)17-10-6-15(7-11-17)14-16-8-12-18(13-9-16)23-21(22)26/h6-13,19H,2-5,14H2,1H3,(H,24,25)(H3,22,23,26). The van der Waals surface area contributed by atoms with E-state index in [0.29, 0.717) is 12.1 Å². The summed E-state index contributed by atoms with van der Waals surface area (Å²) in [6.45, 7) is 2.11. The number of carboxylic acid groups (broad SMARTS) is 1. The Labute approximate surface area is 154 Å². The van der Waals surface area contributed by atoms with Crippen molar-refractivity contribution < 1.29 is 14.7 Å². The average Bonchev–Trinajstić information content (AvgIpc) is 2.61. The zero-order valence-electron chi connectivity index (χ0n) is 15.1. The molecule has 4 N–H and O–H groups in total. The Morgan fingerprint density at radius 3 is 2.08 bits per heavy atom. The molecule has 0 bridgehead atoms. The summed E-state index contributed by atoms with van der Waals surface area (Å²) in [5.41, 5.74) is 8.83. The van der Waals surface area contributed by atoms with E-state index in [1.807, 2.05) is 48.5 Å². The smallest absolute Gasteiger partial charge is 0.316 e. The fourth-order valence-electron chi connectivity index (χ4n) is 2.98. The number of primary amides is 1. The Morgan fingerprint density at radius 1 is 1.00 bits per heavy atom. The van der Waals surface area contributed by atoms with Gasteiger partial charge >= 0.3 is 12.0 Å². The van der Waals surface area contributed by atoms with Crippen molar-refractivity contribution in [2.24, 2.45) is 5.73 Å². The van der Waals surface area contributed by atoms with Crippen LogP contribution in [0.4, 0.5) is 10.5 Å². The van der Waals surface area contributed by atoms with Crippen molar-refractivity contribution in [2.75, 3.05) is 5.32 Å². The second-order valence-corrected chi connectivity index (χ2v) is 6.49. The van der Waals surface area contributed by atoms with E-state index in [9.17, 15) is 14.7 Å². The SMILES string of the molecule is CCCCCC(C(=O)O)c1ccc(Cc2ccc(NC(N)=O)cc2)cc1. The molecule has 2 amide bonds. The number of hydrogen-bond acceptors (Lipinski definition) is 2. The normalized spacial score (nSPS) is 11.7. The molecule has 0 fully saturated rings. The predicted molar refractivity (Wildman–Crippen MR) is 103 cm³/mol. The molecular formula is C21H26N2O3. The number of nitrogens with two attached hydrogens (primary N) is 1. The van der Waals surface area contributed by atoms with Gasteiger partial charge in [-0.25, -0.2) is 4.79 Å². The molecule has 26 heavy (non-hydrogen) atoms. The topological polar surface area (TPSA) is 92.4 Å². The van der Waals surface area contributed by atoms with E-state index in [-0.39, 0.29) is 0 Å². The molecule has 0 saturated carbocycles. The molecule has 0 saturated heterocycles. The van der Waals surface area contributed by atoms with Crippen LogP contribution in [0.3, 0.4) is 0 Å². The van der Waals surface area contributed by atoms with Gasteiger partial charge in [0.1, 0.15) is 0 Å². The van der Waals surface area contributed by atoms with Crippen LogP contribution in [0, 0.1) is 0 Å². The minimum Gasteiger partial charge on any atom is -0.481 e. The molecule has 2 aromatic carbocycles. The summed E-state index contributed by atoms with van der Waals surface area (Å²) < 4.78 is 0. The number of hydrogen-bond donors (Lipinski definition) is 3. The van der Waals surface area contributed by atoms with Gasteiger partial charge in [-0.1, -0.05) is 62.6 Å². The molecule has 0 heterocycles. The number of rotatable bonds is 9. The zero-order chi connectivity index (χ0) is 18.9. The molecule has 0 spiro atoms. The van der Waals surface area contributed by atoms with Gasteiger partial charge in [0.15, 0.2) is 0 Å². The van der Waals surface area contributed by atoms with Gasteiger partial charge in [-0.05, 0) is 41.7 Å². The molecule has 5 heteroatoms. The monoisotopic (exact) mass is 354 g/mol. The summed E-state index contributed by atoms with van der Waals surface area (Å²) in [7, 11) is 0. The highest BCUT2D eigenvalue weighted by atomic mass is 16.4. The van der Waals surface area contributed by atoms with Gasteiger partial charge in [0, 0.05) is 5.69 Å². The van der Waals surface area contributed by atoms with E-state index < -0.39 is 17.9 Å². The number of aliphatic carboxylic acids is 1. The van der Waals surface area contributed by atoms with E-state index in [1.165, 1.54) is 0 Å². The van der Waals surface area contributed by atoms with Crippen molar-refractivity contribution in [2.45, 2.75) is 44.9 Å². The lowest BCUT2D eigenvalue weighted by Crippen LogP contribution is -2.19. The molecule has 0 aliphatic carbocycles. The third kappa shape index (κ3) is 5.92. The highest BCUT2D eigenvalue weighted by Crippen LogP contribution is 2.24. The number of amides is 2. The van der Waals surface area contributed by atoms with E-state index in [0.717, 1.165) is 42.4 Å². The van der Waals surface area contributed by atoms with Crippen LogP contribution >= 0.6 is 0 Å². The van der Waals surface area contributed by atoms with E-state index in [4.69, 9.17) is 5.73 Å². The lowest BCUT2D eigenvalue weighted by molar-refractivity contribution is -0.139. The van der Waals surface area contributed by atoms with Crippen LogP contribution in [-0.2, 0) is 11.2 Å². The van der Waals surface area contributed by atoms with Crippen LogP contribution in [0.2, 0.25) is 0 Å². The minimum absolute atomic E-state index is 0.435. The summed E-state index contributed by atoms with van der Waals surface area (Å²) in [5, 5.41) is 12.0. The van der Waals surface area contributed by atoms with Gasteiger partial charge in [0.2, 0.25) is 0 Å². The van der Waals surface area contributed by atoms with Crippen molar-refractivity contribution in [1.29, 1.82) is 0 Å². The van der Waals surface area contributed by atoms with E-state index in [2.05, 4.69) is 12.2 Å².